The lowest BCUT2D eigenvalue weighted by Crippen LogP contribution is -2.40. The minimum Gasteiger partial charge on any atom is -0.341 e. The fourth-order valence-electron chi connectivity index (χ4n) is 3.65. The first-order chi connectivity index (χ1) is 9.43. The van der Waals surface area contributed by atoms with E-state index < -0.39 is 0 Å². The molecule has 2 rings (SSSR count). The van der Waals surface area contributed by atoms with Crippen LogP contribution in [-0.4, -0.2) is 54.5 Å². The number of carbonyl (C=O) groups is 1. The quantitative estimate of drug-likeness (QED) is 0.836. The van der Waals surface area contributed by atoms with Crippen molar-refractivity contribution in [2.75, 3.05) is 26.7 Å². The van der Waals surface area contributed by atoms with Gasteiger partial charge in [0, 0.05) is 31.6 Å². The number of fused-ring (bicyclic) bond motifs is 2. The van der Waals surface area contributed by atoms with Crippen LogP contribution in [0, 0.1) is 5.41 Å². The summed E-state index contributed by atoms with van der Waals surface area (Å²) < 4.78 is 0. The molecule has 2 fully saturated rings. The van der Waals surface area contributed by atoms with Crippen LogP contribution in [0.5, 0.6) is 0 Å². The zero-order chi connectivity index (χ0) is 14.8. The third-order valence-corrected chi connectivity index (χ3v) is 5.34. The average molecular weight is 281 g/mol. The second kappa shape index (κ2) is 6.44. The molecule has 2 aliphatic rings. The van der Waals surface area contributed by atoms with E-state index in [1.165, 1.54) is 12.8 Å². The lowest BCUT2D eigenvalue weighted by Gasteiger charge is -2.28. The first kappa shape index (κ1) is 15.8. The van der Waals surface area contributed by atoms with E-state index in [1.54, 1.807) is 0 Å². The van der Waals surface area contributed by atoms with E-state index >= 15 is 0 Å². The van der Waals surface area contributed by atoms with Crippen molar-refractivity contribution in [2.24, 2.45) is 11.1 Å². The lowest BCUT2D eigenvalue weighted by molar-refractivity contribution is -0.132. The summed E-state index contributed by atoms with van der Waals surface area (Å²) in [7, 11) is 2.22. The molecule has 0 radical (unpaired) electrons. The predicted molar refractivity (Wildman–Crippen MR) is 82.5 cm³/mol. The molecule has 2 saturated heterocycles. The molecule has 0 spiro atoms. The fourth-order valence-corrected chi connectivity index (χ4v) is 3.65. The minimum atomic E-state index is 0.187. The normalized spacial score (nSPS) is 27.7. The highest BCUT2D eigenvalue weighted by molar-refractivity contribution is 5.76. The van der Waals surface area contributed by atoms with Gasteiger partial charge in [0.1, 0.15) is 0 Å². The van der Waals surface area contributed by atoms with Crippen LogP contribution in [0.15, 0.2) is 0 Å². The van der Waals surface area contributed by atoms with Gasteiger partial charge in [-0.25, -0.2) is 0 Å². The van der Waals surface area contributed by atoms with Gasteiger partial charge in [-0.2, -0.15) is 0 Å². The fraction of sp³-hybridized carbons (Fsp3) is 0.938. The summed E-state index contributed by atoms with van der Waals surface area (Å²) in [5.74, 6) is 0.344. The third kappa shape index (κ3) is 3.73. The number of amides is 1. The van der Waals surface area contributed by atoms with Gasteiger partial charge in [-0.1, -0.05) is 13.8 Å². The minimum absolute atomic E-state index is 0.187. The number of nitrogens with zero attached hydrogens (tertiary/aromatic N) is 2. The molecule has 0 aliphatic carbocycles. The molecule has 0 aromatic carbocycles. The maximum atomic E-state index is 12.5. The Kier molecular flexibility index (Phi) is 5.08. The summed E-state index contributed by atoms with van der Waals surface area (Å²) >= 11 is 0. The lowest BCUT2D eigenvalue weighted by atomic mass is 9.84. The van der Waals surface area contributed by atoms with Gasteiger partial charge in [-0.15, -0.1) is 0 Å². The standard InChI is InChI=1S/C16H31N3O/c1-16(2,9-10-17)8-6-15(20)19-11-7-13-4-5-14(12-19)18(13)3/h13-14H,4-12,17H2,1-3H3. The molecule has 0 aromatic heterocycles. The molecule has 20 heavy (non-hydrogen) atoms. The first-order valence-corrected chi connectivity index (χ1v) is 8.13. The third-order valence-electron chi connectivity index (χ3n) is 5.34. The molecular formula is C16H31N3O. The second-order valence-corrected chi connectivity index (χ2v) is 7.38. The van der Waals surface area contributed by atoms with Gasteiger partial charge in [0.25, 0.3) is 0 Å². The largest absolute Gasteiger partial charge is 0.341 e. The number of nitrogens with two attached hydrogens (primary N) is 1. The van der Waals surface area contributed by atoms with Crippen molar-refractivity contribution >= 4 is 5.91 Å². The molecule has 0 aromatic rings. The number of rotatable bonds is 5. The zero-order valence-corrected chi connectivity index (χ0v) is 13.4. The maximum absolute atomic E-state index is 12.5. The van der Waals surface area contributed by atoms with E-state index in [2.05, 4.69) is 30.7 Å². The Bertz CT molecular complexity index is 343. The average Bonchev–Trinajstić information content (AvgIpc) is 2.60. The van der Waals surface area contributed by atoms with E-state index in [0.29, 0.717) is 31.0 Å². The Hall–Kier alpha value is -0.610. The topological polar surface area (TPSA) is 49.6 Å². The van der Waals surface area contributed by atoms with Crippen LogP contribution in [-0.2, 0) is 4.79 Å². The number of hydrogen-bond donors (Lipinski definition) is 1. The number of carbonyl (C=O) groups excluding carboxylic acids is 1. The second-order valence-electron chi connectivity index (χ2n) is 7.38. The van der Waals surface area contributed by atoms with Crippen LogP contribution < -0.4 is 5.73 Å². The monoisotopic (exact) mass is 281 g/mol. The molecule has 2 atom stereocenters. The summed E-state index contributed by atoms with van der Waals surface area (Å²) in [6.45, 7) is 7.01. The summed E-state index contributed by atoms with van der Waals surface area (Å²) in [4.78, 5) is 17.1. The Balaban J connectivity index is 1.84. The van der Waals surface area contributed by atoms with Crippen molar-refractivity contribution in [3.05, 3.63) is 0 Å². The van der Waals surface area contributed by atoms with Crippen molar-refractivity contribution < 1.29 is 4.79 Å². The molecule has 2 bridgehead atoms. The molecule has 116 valence electrons. The number of hydrogen-bond acceptors (Lipinski definition) is 3. The van der Waals surface area contributed by atoms with Crippen molar-refractivity contribution in [3.63, 3.8) is 0 Å². The van der Waals surface area contributed by atoms with E-state index in [0.717, 1.165) is 32.4 Å². The van der Waals surface area contributed by atoms with Crippen molar-refractivity contribution in [3.8, 4) is 0 Å². The predicted octanol–water partition coefficient (Wildman–Crippen LogP) is 1.84. The van der Waals surface area contributed by atoms with Gasteiger partial charge in [-0.05, 0) is 51.1 Å². The van der Waals surface area contributed by atoms with Crippen LogP contribution in [0.2, 0.25) is 0 Å². The molecule has 2 N–H and O–H groups in total. The van der Waals surface area contributed by atoms with Crippen LogP contribution in [0.25, 0.3) is 0 Å². The van der Waals surface area contributed by atoms with Gasteiger partial charge in [0.2, 0.25) is 5.91 Å². The van der Waals surface area contributed by atoms with Crippen molar-refractivity contribution in [1.29, 1.82) is 0 Å². The Labute approximate surface area is 123 Å². The molecule has 1 amide bonds. The van der Waals surface area contributed by atoms with Crippen molar-refractivity contribution in [1.82, 2.24) is 9.80 Å². The zero-order valence-electron chi connectivity index (χ0n) is 13.4. The molecule has 4 heteroatoms. The highest BCUT2D eigenvalue weighted by Gasteiger charge is 2.36. The number of likely N-dealkylation sites (tertiary alicyclic amines) is 1. The number of likely N-dealkylation sites (N-methyl/N-ethyl adjacent to an activating group) is 1. The van der Waals surface area contributed by atoms with Gasteiger partial charge in [0.05, 0.1) is 0 Å². The molecule has 2 aliphatic heterocycles. The van der Waals surface area contributed by atoms with Gasteiger partial charge in [0.15, 0.2) is 0 Å². The Morgan fingerprint density at radius 2 is 1.90 bits per heavy atom. The summed E-state index contributed by atoms with van der Waals surface area (Å²) in [6, 6.07) is 1.29. The smallest absolute Gasteiger partial charge is 0.222 e. The van der Waals surface area contributed by atoms with E-state index in [4.69, 9.17) is 5.73 Å². The van der Waals surface area contributed by atoms with Crippen LogP contribution >= 0.6 is 0 Å². The highest BCUT2D eigenvalue weighted by atomic mass is 16.2. The molecule has 2 unspecified atom stereocenters. The maximum Gasteiger partial charge on any atom is 0.222 e. The van der Waals surface area contributed by atoms with Gasteiger partial charge in [-0.3, -0.25) is 9.69 Å². The van der Waals surface area contributed by atoms with E-state index in [-0.39, 0.29) is 5.41 Å². The van der Waals surface area contributed by atoms with Crippen molar-refractivity contribution in [2.45, 2.75) is 64.5 Å². The van der Waals surface area contributed by atoms with E-state index in [9.17, 15) is 4.79 Å². The molecule has 4 nitrogen and oxygen atoms in total. The summed E-state index contributed by atoms with van der Waals surface area (Å²) in [6.07, 6.45) is 6.33. The molecular weight excluding hydrogens is 250 g/mol. The Morgan fingerprint density at radius 1 is 1.20 bits per heavy atom. The Morgan fingerprint density at radius 3 is 2.60 bits per heavy atom. The SMILES string of the molecule is CN1C2CCC1CN(C(=O)CCC(C)(C)CCN)CC2. The van der Waals surface area contributed by atoms with Crippen LogP contribution in [0.3, 0.4) is 0 Å². The van der Waals surface area contributed by atoms with Gasteiger partial charge < -0.3 is 10.6 Å². The van der Waals surface area contributed by atoms with Gasteiger partial charge >= 0.3 is 0 Å². The summed E-state index contributed by atoms with van der Waals surface area (Å²) in [5.41, 5.74) is 5.83. The first-order valence-electron chi connectivity index (χ1n) is 8.13. The highest BCUT2D eigenvalue weighted by Crippen LogP contribution is 2.30. The van der Waals surface area contributed by atoms with Crippen LogP contribution in [0.1, 0.15) is 52.4 Å². The van der Waals surface area contributed by atoms with Crippen LogP contribution in [0.4, 0.5) is 0 Å². The molecule has 0 saturated carbocycles. The van der Waals surface area contributed by atoms with E-state index in [1.807, 2.05) is 0 Å². The molecule has 2 heterocycles. The summed E-state index contributed by atoms with van der Waals surface area (Å²) in [5, 5.41) is 0.